The second-order valence-corrected chi connectivity index (χ2v) is 6.19. The summed E-state index contributed by atoms with van der Waals surface area (Å²) in [6.45, 7) is 10.8. The van der Waals surface area contributed by atoms with Gasteiger partial charge >= 0.3 is 0 Å². The van der Waals surface area contributed by atoms with Gasteiger partial charge in [-0.1, -0.05) is 46.5 Å². The average Bonchev–Trinajstić information content (AvgIpc) is 2.62. The van der Waals surface area contributed by atoms with E-state index in [0.717, 1.165) is 32.9 Å². The van der Waals surface area contributed by atoms with Crippen LogP contribution in [0.15, 0.2) is 0 Å². The van der Waals surface area contributed by atoms with Gasteiger partial charge in [0.1, 0.15) is 0 Å². The smallest absolute Gasteiger partial charge is 0.0807 e. The molecule has 1 saturated carbocycles. The van der Waals surface area contributed by atoms with E-state index in [-0.39, 0.29) is 5.60 Å². The van der Waals surface area contributed by atoms with E-state index >= 15 is 0 Å². The van der Waals surface area contributed by atoms with Crippen LogP contribution in [0.5, 0.6) is 0 Å². The summed E-state index contributed by atoms with van der Waals surface area (Å²) in [6, 6.07) is 0. The van der Waals surface area contributed by atoms with Crippen molar-refractivity contribution in [1.82, 2.24) is 5.32 Å². The topological polar surface area (TPSA) is 30.5 Å². The Hall–Kier alpha value is -0.120. The van der Waals surface area contributed by atoms with E-state index in [1.807, 2.05) is 0 Å². The Morgan fingerprint density at radius 2 is 1.74 bits per heavy atom. The van der Waals surface area contributed by atoms with E-state index in [9.17, 15) is 0 Å². The number of hydrogen-bond acceptors (Lipinski definition) is 3. The highest BCUT2D eigenvalue weighted by Crippen LogP contribution is 2.30. The summed E-state index contributed by atoms with van der Waals surface area (Å²) in [4.78, 5) is 0. The first kappa shape index (κ1) is 16.9. The molecule has 0 amide bonds. The number of rotatable bonds is 9. The Bertz CT molecular complexity index is 211. The lowest BCUT2D eigenvalue weighted by atomic mass is 9.94. The molecule has 0 aromatic carbocycles. The van der Waals surface area contributed by atoms with Gasteiger partial charge in [0.25, 0.3) is 0 Å². The lowest BCUT2D eigenvalue weighted by molar-refractivity contribution is -0.0766. The molecule has 0 saturated heterocycles. The van der Waals surface area contributed by atoms with Crippen molar-refractivity contribution in [2.24, 2.45) is 5.92 Å². The Balaban J connectivity index is 2.31. The number of ether oxygens (including phenoxy) is 2. The van der Waals surface area contributed by atoms with Crippen LogP contribution in [0.25, 0.3) is 0 Å². The maximum absolute atomic E-state index is 6.25. The predicted molar refractivity (Wildman–Crippen MR) is 80.6 cm³/mol. The Morgan fingerprint density at radius 3 is 2.32 bits per heavy atom. The molecule has 3 heteroatoms. The second-order valence-electron chi connectivity index (χ2n) is 6.19. The third-order valence-corrected chi connectivity index (χ3v) is 3.80. The standard InChI is InChI=1S/C16H33NO2/c1-4-17-14-16(9-7-5-6-8-10-16)19-12-11-18-13-15(2)3/h15,17H,4-14H2,1-3H3. The molecular formula is C16H33NO2. The molecule has 19 heavy (non-hydrogen) atoms. The van der Waals surface area contributed by atoms with Crippen molar-refractivity contribution < 1.29 is 9.47 Å². The van der Waals surface area contributed by atoms with Gasteiger partial charge < -0.3 is 14.8 Å². The van der Waals surface area contributed by atoms with Gasteiger partial charge in [-0.25, -0.2) is 0 Å². The third-order valence-electron chi connectivity index (χ3n) is 3.80. The van der Waals surface area contributed by atoms with E-state index in [2.05, 4.69) is 26.1 Å². The van der Waals surface area contributed by atoms with Crippen molar-refractivity contribution in [3.8, 4) is 0 Å². The summed E-state index contributed by atoms with van der Waals surface area (Å²) in [5, 5.41) is 3.48. The first-order valence-corrected chi connectivity index (χ1v) is 8.11. The van der Waals surface area contributed by atoms with Crippen molar-refractivity contribution in [3.63, 3.8) is 0 Å². The van der Waals surface area contributed by atoms with Crippen LogP contribution in [0.4, 0.5) is 0 Å². The normalized spacial score (nSPS) is 19.6. The van der Waals surface area contributed by atoms with Crippen LogP contribution >= 0.6 is 0 Å². The molecular weight excluding hydrogens is 238 g/mol. The van der Waals surface area contributed by atoms with Crippen LogP contribution in [0.2, 0.25) is 0 Å². The van der Waals surface area contributed by atoms with Crippen LogP contribution in [-0.4, -0.2) is 38.5 Å². The highest BCUT2D eigenvalue weighted by Gasteiger charge is 2.31. The molecule has 0 aromatic rings. The zero-order valence-electron chi connectivity index (χ0n) is 13.2. The van der Waals surface area contributed by atoms with Crippen LogP contribution in [0, 0.1) is 5.92 Å². The van der Waals surface area contributed by atoms with Crippen molar-refractivity contribution in [1.29, 1.82) is 0 Å². The monoisotopic (exact) mass is 271 g/mol. The first-order chi connectivity index (χ1) is 9.18. The molecule has 3 nitrogen and oxygen atoms in total. The van der Waals surface area contributed by atoms with Gasteiger partial charge in [0.15, 0.2) is 0 Å². The quantitative estimate of drug-likeness (QED) is 0.515. The summed E-state index contributed by atoms with van der Waals surface area (Å²) < 4.78 is 11.9. The van der Waals surface area contributed by atoms with E-state index in [0.29, 0.717) is 5.92 Å². The largest absolute Gasteiger partial charge is 0.379 e. The molecule has 0 aromatic heterocycles. The number of likely N-dealkylation sites (N-methyl/N-ethyl adjacent to an activating group) is 1. The summed E-state index contributed by atoms with van der Waals surface area (Å²) in [5.74, 6) is 0.605. The molecule has 0 unspecified atom stereocenters. The minimum absolute atomic E-state index is 0.0632. The lowest BCUT2D eigenvalue weighted by Crippen LogP contribution is -2.43. The predicted octanol–water partition coefficient (Wildman–Crippen LogP) is 3.38. The molecule has 0 heterocycles. The molecule has 1 aliphatic rings. The summed E-state index contributed by atoms with van der Waals surface area (Å²) in [6.07, 6.45) is 7.73. The fourth-order valence-corrected chi connectivity index (χ4v) is 2.73. The second kappa shape index (κ2) is 9.73. The van der Waals surface area contributed by atoms with Crippen LogP contribution < -0.4 is 5.32 Å². The van der Waals surface area contributed by atoms with Crippen LogP contribution in [-0.2, 0) is 9.47 Å². The summed E-state index contributed by atoms with van der Waals surface area (Å²) in [5.41, 5.74) is 0.0632. The molecule has 1 rings (SSSR count). The lowest BCUT2D eigenvalue weighted by Gasteiger charge is -2.33. The van der Waals surface area contributed by atoms with Gasteiger partial charge in [0.05, 0.1) is 18.8 Å². The van der Waals surface area contributed by atoms with E-state index < -0.39 is 0 Å². The Morgan fingerprint density at radius 1 is 1.05 bits per heavy atom. The molecule has 1 fully saturated rings. The molecule has 1 N–H and O–H groups in total. The first-order valence-electron chi connectivity index (χ1n) is 8.11. The van der Waals surface area contributed by atoms with Gasteiger partial charge in [-0.05, 0) is 25.3 Å². The van der Waals surface area contributed by atoms with Crippen LogP contribution in [0.1, 0.15) is 59.3 Å². The van der Waals surface area contributed by atoms with Crippen LogP contribution in [0.3, 0.4) is 0 Å². The van der Waals surface area contributed by atoms with Crippen molar-refractivity contribution in [3.05, 3.63) is 0 Å². The molecule has 0 radical (unpaired) electrons. The maximum atomic E-state index is 6.25. The van der Waals surface area contributed by atoms with E-state index in [1.54, 1.807) is 0 Å². The minimum Gasteiger partial charge on any atom is -0.379 e. The fraction of sp³-hybridized carbons (Fsp3) is 1.00. The van der Waals surface area contributed by atoms with Gasteiger partial charge in [-0.15, -0.1) is 0 Å². The molecule has 0 bridgehead atoms. The van der Waals surface area contributed by atoms with Crippen molar-refractivity contribution >= 4 is 0 Å². The van der Waals surface area contributed by atoms with Gasteiger partial charge in [-0.3, -0.25) is 0 Å². The van der Waals surface area contributed by atoms with E-state index in [1.165, 1.54) is 38.5 Å². The Kier molecular flexibility index (Phi) is 8.67. The minimum atomic E-state index is 0.0632. The summed E-state index contributed by atoms with van der Waals surface area (Å²) >= 11 is 0. The Labute approximate surface area is 119 Å². The maximum Gasteiger partial charge on any atom is 0.0807 e. The highest BCUT2D eigenvalue weighted by atomic mass is 16.5. The third kappa shape index (κ3) is 7.28. The van der Waals surface area contributed by atoms with Gasteiger partial charge in [0.2, 0.25) is 0 Å². The molecule has 0 aliphatic heterocycles. The zero-order valence-corrected chi connectivity index (χ0v) is 13.2. The van der Waals surface area contributed by atoms with E-state index in [4.69, 9.17) is 9.47 Å². The SMILES string of the molecule is CCNCC1(OCCOCC(C)C)CCCCCC1. The van der Waals surface area contributed by atoms with Crippen molar-refractivity contribution in [2.45, 2.75) is 64.9 Å². The molecule has 0 spiro atoms. The van der Waals surface area contributed by atoms with Gasteiger partial charge in [-0.2, -0.15) is 0 Å². The number of hydrogen-bond donors (Lipinski definition) is 1. The zero-order chi connectivity index (χ0) is 14.0. The summed E-state index contributed by atoms with van der Waals surface area (Å²) in [7, 11) is 0. The highest BCUT2D eigenvalue weighted by molar-refractivity contribution is 4.85. The van der Waals surface area contributed by atoms with Crippen molar-refractivity contribution in [2.75, 3.05) is 32.9 Å². The van der Waals surface area contributed by atoms with Gasteiger partial charge in [0, 0.05) is 13.2 Å². The number of nitrogens with one attached hydrogen (secondary N) is 1. The average molecular weight is 271 g/mol. The molecule has 0 atom stereocenters. The fourth-order valence-electron chi connectivity index (χ4n) is 2.73. The molecule has 1 aliphatic carbocycles. The molecule has 114 valence electrons.